The summed E-state index contributed by atoms with van der Waals surface area (Å²) in [4.78, 5) is 13.1. The zero-order chi connectivity index (χ0) is 18.3. The van der Waals surface area contributed by atoms with E-state index in [-0.39, 0.29) is 5.28 Å². The Hall–Kier alpha value is -2.03. The molecule has 26 heavy (non-hydrogen) atoms. The van der Waals surface area contributed by atoms with E-state index in [1.165, 1.54) is 0 Å². The highest BCUT2D eigenvalue weighted by Crippen LogP contribution is 2.34. The van der Waals surface area contributed by atoms with Crippen LogP contribution in [0.4, 0.5) is 0 Å². The number of halogens is 2. The van der Waals surface area contributed by atoms with Gasteiger partial charge in [0.2, 0.25) is 5.28 Å². The van der Waals surface area contributed by atoms with Crippen molar-refractivity contribution in [2.75, 3.05) is 13.7 Å². The smallest absolute Gasteiger partial charge is 0.223 e. The van der Waals surface area contributed by atoms with Crippen molar-refractivity contribution in [1.82, 2.24) is 29.3 Å². The largest absolute Gasteiger partial charge is 0.385 e. The zero-order valence-electron chi connectivity index (χ0n) is 14.3. The fourth-order valence-corrected chi connectivity index (χ4v) is 3.61. The summed E-state index contributed by atoms with van der Waals surface area (Å²) in [5.41, 5.74) is 4.14. The molecule has 0 aliphatic carbocycles. The van der Waals surface area contributed by atoms with E-state index < -0.39 is 0 Å². The maximum atomic E-state index is 6.17. The summed E-state index contributed by atoms with van der Waals surface area (Å²) in [6, 6.07) is 1.99. The van der Waals surface area contributed by atoms with Gasteiger partial charge in [0.15, 0.2) is 0 Å². The average molecular weight is 436 g/mol. The average Bonchev–Trinajstić information content (AvgIpc) is 3.14. The molecule has 0 atom stereocenters. The minimum Gasteiger partial charge on any atom is -0.385 e. The molecule has 0 N–H and O–H groups in total. The Labute approximate surface area is 163 Å². The normalized spacial score (nSPS) is 11.7. The Morgan fingerprint density at radius 1 is 1.27 bits per heavy atom. The summed E-state index contributed by atoms with van der Waals surface area (Å²) in [5, 5.41) is 5.76. The molecule has 0 saturated carbocycles. The van der Waals surface area contributed by atoms with Crippen molar-refractivity contribution in [2.45, 2.75) is 13.0 Å². The van der Waals surface area contributed by atoms with Crippen molar-refractivity contribution >= 4 is 49.5 Å². The number of ether oxygens (including phenoxy) is 1. The van der Waals surface area contributed by atoms with Gasteiger partial charge in [-0.05, 0) is 40.0 Å². The predicted octanol–water partition coefficient (Wildman–Crippen LogP) is 3.83. The standard InChI is InChI=1S/C17H16BrClN6O/c1-24-9-12-16(23-24)15(22-17(19)21-12)11-8-25(4-3-5-26-2)13-7-20-14(18)6-10(11)13/h6-9H,3-5H2,1-2H3. The van der Waals surface area contributed by atoms with E-state index in [2.05, 4.69) is 46.7 Å². The molecule has 4 aromatic heterocycles. The molecule has 0 bridgehead atoms. The van der Waals surface area contributed by atoms with Gasteiger partial charge in [-0.2, -0.15) is 5.10 Å². The van der Waals surface area contributed by atoms with Crippen LogP contribution in [-0.4, -0.2) is 43.0 Å². The second-order valence-electron chi connectivity index (χ2n) is 5.98. The zero-order valence-corrected chi connectivity index (χ0v) is 16.6. The maximum absolute atomic E-state index is 6.17. The van der Waals surface area contributed by atoms with Gasteiger partial charge < -0.3 is 9.30 Å². The first kappa shape index (κ1) is 17.4. The number of hydrogen-bond acceptors (Lipinski definition) is 5. The van der Waals surface area contributed by atoms with Crippen molar-refractivity contribution in [3.8, 4) is 11.3 Å². The lowest BCUT2D eigenvalue weighted by atomic mass is 10.1. The quantitative estimate of drug-likeness (QED) is 0.271. The molecule has 4 aromatic rings. The molecule has 0 aliphatic rings. The van der Waals surface area contributed by atoms with Crippen molar-refractivity contribution in [1.29, 1.82) is 0 Å². The van der Waals surface area contributed by atoms with Gasteiger partial charge in [0.25, 0.3) is 0 Å². The van der Waals surface area contributed by atoms with Gasteiger partial charge in [-0.15, -0.1) is 0 Å². The Balaban J connectivity index is 1.95. The summed E-state index contributed by atoms with van der Waals surface area (Å²) in [7, 11) is 3.56. The van der Waals surface area contributed by atoms with E-state index >= 15 is 0 Å². The number of aryl methyl sites for hydroxylation is 2. The van der Waals surface area contributed by atoms with E-state index in [1.807, 2.05) is 25.5 Å². The van der Waals surface area contributed by atoms with Crippen LogP contribution in [0.25, 0.3) is 33.2 Å². The number of hydrogen-bond donors (Lipinski definition) is 0. The van der Waals surface area contributed by atoms with Crippen LogP contribution in [0.2, 0.25) is 5.28 Å². The summed E-state index contributed by atoms with van der Waals surface area (Å²) in [5.74, 6) is 0. The number of aromatic nitrogens is 6. The third-order valence-corrected chi connectivity index (χ3v) is 4.79. The number of rotatable bonds is 5. The molecule has 7 nitrogen and oxygen atoms in total. The van der Waals surface area contributed by atoms with Crippen LogP contribution in [0, 0.1) is 0 Å². The van der Waals surface area contributed by atoms with E-state index in [9.17, 15) is 0 Å². The lowest BCUT2D eigenvalue weighted by Gasteiger charge is -2.04. The topological polar surface area (TPSA) is 70.7 Å². The lowest BCUT2D eigenvalue weighted by molar-refractivity contribution is 0.190. The van der Waals surface area contributed by atoms with E-state index in [0.717, 1.165) is 45.1 Å². The van der Waals surface area contributed by atoms with E-state index in [4.69, 9.17) is 16.3 Å². The second kappa shape index (κ2) is 6.94. The molecule has 0 aliphatic heterocycles. The van der Waals surface area contributed by atoms with E-state index in [1.54, 1.807) is 11.8 Å². The predicted molar refractivity (Wildman–Crippen MR) is 104 cm³/mol. The van der Waals surface area contributed by atoms with Gasteiger partial charge in [0.05, 0.1) is 17.9 Å². The Kier molecular flexibility index (Phi) is 4.64. The second-order valence-corrected chi connectivity index (χ2v) is 7.14. The molecule has 0 fully saturated rings. The molecule has 0 spiro atoms. The van der Waals surface area contributed by atoms with Crippen LogP contribution in [0.15, 0.2) is 29.3 Å². The summed E-state index contributed by atoms with van der Waals surface area (Å²) in [6.07, 6.45) is 6.66. The van der Waals surface area contributed by atoms with Gasteiger partial charge in [0, 0.05) is 44.5 Å². The number of methoxy groups -OCH3 is 1. The van der Waals surface area contributed by atoms with Crippen molar-refractivity contribution in [3.05, 3.63) is 34.5 Å². The molecule has 9 heteroatoms. The lowest BCUT2D eigenvalue weighted by Crippen LogP contribution is -2.00. The number of nitrogens with zero attached hydrogens (tertiary/aromatic N) is 6. The third kappa shape index (κ3) is 3.08. The molecular weight excluding hydrogens is 420 g/mol. The fraction of sp³-hybridized carbons (Fsp3) is 0.294. The summed E-state index contributed by atoms with van der Waals surface area (Å²) < 4.78 is 9.81. The molecular formula is C17H16BrClN6O. The minimum atomic E-state index is 0.203. The van der Waals surface area contributed by atoms with Crippen LogP contribution in [0.3, 0.4) is 0 Å². The molecule has 4 heterocycles. The van der Waals surface area contributed by atoms with Crippen molar-refractivity contribution in [2.24, 2.45) is 7.05 Å². The Bertz CT molecular complexity index is 1110. The molecule has 0 aromatic carbocycles. The van der Waals surface area contributed by atoms with Crippen LogP contribution in [0.1, 0.15) is 6.42 Å². The Morgan fingerprint density at radius 3 is 2.92 bits per heavy atom. The molecule has 0 saturated heterocycles. The van der Waals surface area contributed by atoms with Gasteiger partial charge in [-0.25, -0.2) is 15.0 Å². The molecule has 4 rings (SSSR count). The number of pyridine rings is 1. The monoisotopic (exact) mass is 434 g/mol. The van der Waals surface area contributed by atoms with Gasteiger partial charge in [-0.1, -0.05) is 0 Å². The van der Waals surface area contributed by atoms with Crippen LogP contribution in [-0.2, 0) is 18.3 Å². The highest BCUT2D eigenvalue weighted by molar-refractivity contribution is 9.10. The van der Waals surface area contributed by atoms with Crippen molar-refractivity contribution in [3.63, 3.8) is 0 Å². The molecule has 0 unspecified atom stereocenters. The summed E-state index contributed by atoms with van der Waals surface area (Å²) >= 11 is 9.63. The van der Waals surface area contributed by atoms with Crippen LogP contribution < -0.4 is 0 Å². The first-order valence-electron chi connectivity index (χ1n) is 8.07. The van der Waals surface area contributed by atoms with Gasteiger partial charge >= 0.3 is 0 Å². The molecule has 134 valence electrons. The van der Waals surface area contributed by atoms with Gasteiger partial charge in [-0.3, -0.25) is 4.68 Å². The maximum Gasteiger partial charge on any atom is 0.223 e. The van der Waals surface area contributed by atoms with Crippen LogP contribution >= 0.6 is 27.5 Å². The highest BCUT2D eigenvalue weighted by Gasteiger charge is 2.18. The fourth-order valence-electron chi connectivity index (χ4n) is 3.10. The van der Waals surface area contributed by atoms with Crippen LogP contribution in [0.5, 0.6) is 0 Å². The first-order chi connectivity index (χ1) is 12.6. The number of fused-ring (bicyclic) bond motifs is 2. The Morgan fingerprint density at radius 2 is 2.12 bits per heavy atom. The minimum absolute atomic E-state index is 0.203. The highest BCUT2D eigenvalue weighted by atomic mass is 79.9. The SMILES string of the molecule is COCCCn1cc(-c2nc(Cl)nc3cn(C)nc23)c2cc(Br)ncc21. The van der Waals surface area contributed by atoms with Gasteiger partial charge in [0.1, 0.15) is 21.3 Å². The molecule has 0 radical (unpaired) electrons. The van der Waals surface area contributed by atoms with E-state index in [0.29, 0.717) is 12.3 Å². The third-order valence-electron chi connectivity index (χ3n) is 4.19. The first-order valence-corrected chi connectivity index (χ1v) is 9.24. The van der Waals surface area contributed by atoms with Crippen molar-refractivity contribution < 1.29 is 4.74 Å². The molecule has 0 amide bonds. The summed E-state index contributed by atoms with van der Waals surface area (Å²) in [6.45, 7) is 1.51.